The van der Waals surface area contributed by atoms with Gasteiger partial charge in [0.25, 0.3) is 0 Å². The van der Waals surface area contributed by atoms with Crippen LogP contribution in [0, 0.1) is 12.8 Å². The minimum absolute atomic E-state index is 0.000852. The Morgan fingerprint density at radius 3 is 2.92 bits per heavy atom. The molecule has 0 bridgehead atoms. The molecule has 1 aromatic heterocycles. The lowest BCUT2D eigenvalue weighted by Gasteiger charge is -2.21. The second-order valence-corrected chi connectivity index (χ2v) is 6.84. The highest BCUT2D eigenvalue weighted by Crippen LogP contribution is 2.37. The van der Waals surface area contributed by atoms with Gasteiger partial charge in [-0.2, -0.15) is 5.10 Å². The van der Waals surface area contributed by atoms with Crippen molar-refractivity contribution < 1.29 is 19.0 Å². The molecule has 2 aliphatic heterocycles. The fourth-order valence-corrected chi connectivity index (χ4v) is 3.55. The Hall–Kier alpha value is -2.54. The highest BCUT2D eigenvalue weighted by Gasteiger charge is 2.37. The summed E-state index contributed by atoms with van der Waals surface area (Å²) in [5, 5.41) is 7.39. The van der Waals surface area contributed by atoms with Crippen molar-refractivity contribution in [1.29, 1.82) is 0 Å². The number of ether oxygens (including phenoxy) is 3. The van der Waals surface area contributed by atoms with Crippen LogP contribution in [0.4, 0.5) is 0 Å². The van der Waals surface area contributed by atoms with E-state index in [2.05, 4.69) is 10.4 Å². The van der Waals surface area contributed by atoms with Gasteiger partial charge in [-0.1, -0.05) is 6.07 Å². The van der Waals surface area contributed by atoms with E-state index >= 15 is 0 Å². The average Bonchev–Trinajstić information content (AvgIpc) is 3.35. The molecule has 0 aliphatic carbocycles. The zero-order valence-corrected chi connectivity index (χ0v) is 15.2. The van der Waals surface area contributed by atoms with Crippen LogP contribution in [-0.4, -0.2) is 29.1 Å². The molecule has 138 valence electrons. The minimum atomic E-state index is -0.243. The molecular formula is C19H23N3O4. The summed E-state index contributed by atoms with van der Waals surface area (Å²) in [5.74, 6) is 1.25. The number of aromatic nitrogens is 2. The van der Waals surface area contributed by atoms with Crippen LogP contribution in [0.15, 0.2) is 24.4 Å². The Balaban J connectivity index is 1.47. The van der Waals surface area contributed by atoms with E-state index in [0.717, 1.165) is 28.3 Å². The van der Waals surface area contributed by atoms with Crippen LogP contribution in [-0.2, 0) is 16.6 Å². The molecular weight excluding hydrogens is 334 g/mol. The van der Waals surface area contributed by atoms with E-state index in [1.54, 1.807) is 10.9 Å². The number of rotatable bonds is 4. The molecule has 0 saturated carbocycles. The largest absolute Gasteiger partial charge is 0.454 e. The monoisotopic (exact) mass is 357 g/mol. The van der Waals surface area contributed by atoms with E-state index in [1.165, 1.54) is 0 Å². The van der Waals surface area contributed by atoms with Gasteiger partial charge in [-0.15, -0.1) is 0 Å². The number of hydrogen-bond donors (Lipinski definition) is 1. The van der Waals surface area contributed by atoms with Crippen molar-refractivity contribution in [2.24, 2.45) is 13.0 Å². The number of amides is 1. The van der Waals surface area contributed by atoms with Gasteiger partial charge in [-0.25, -0.2) is 0 Å². The SMILES string of the molecule is Cc1c([C@H]2OCC[C@@H]2C(=O)N[C@H](C)c2ccc3c(c2)OCO3)cnn1C. The zero-order valence-electron chi connectivity index (χ0n) is 15.2. The Bertz CT molecular complexity index is 832. The van der Waals surface area contributed by atoms with Crippen LogP contribution in [0.2, 0.25) is 0 Å². The van der Waals surface area contributed by atoms with Crippen LogP contribution in [0.25, 0.3) is 0 Å². The Morgan fingerprint density at radius 1 is 1.35 bits per heavy atom. The highest BCUT2D eigenvalue weighted by atomic mass is 16.7. The van der Waals surface area contributed by atoms with E-state index in [0.29, 0.717) is 13.0 Å². The summed E-state index contributed by atoms with van der Waals surface area (Å²) < 4.78 is 18.4. The normalized spacial score (nSPS) is 22.4. The van der Waals surface area contributed by atoms with Gasteiger partial charge in [-0.05, 0) is 38.0 Å². The quantitative estimate of drug-likeness (QED) is 0.910. The summed E-state index contributed by atoms with van der Waals surface area (Å²) in [7, 11) is 1.89. The Morgan fingerprint density at radius 2 is 2.15 bits per heavy atom. The first-order valence-electron chi connectivity index (χ1n) is 8.84. The number of fused-ring (bicyclic) bond motifs is 1. The second-order valence-electron chi connectivity index (χ2n) is 6.84. The fraction of sp³-hybridized carbons (Fsp3) is 0.474. The van der Waals surface area contributed by atoms with Gasteiger partial charge < -0.3 is 19.5 Å². The van der Waals surface area contributed by atoms with Crippen molar-refractivity contribution in [1.82, 2.24) is 15.1 Å². The molecule has 7 heteroatoms. The van der Waals surface area contributed by atoms with E-state index in [4.69, 9.17) is 14.2 Å². The third-order valence-electron chi connectivity index (χ3n) is 5.26. The molecule has 2 aliphatic rings. The minimum Gasteiger partial charge on any atom is -0.454 e. The molecule has 1 amide bonds. The molecule has 7 nitrogen and oxygen atoms in total. The van der Waals surface area contributed by atoms with E-state index < -0.39 is 0 Å². The molecule has 4 rings (SSSR count). The van der Waals surface area contributed by atoms with E-state index in [9.17, 15) is 4.79 Å². The average molecular weight is 357 g/mol. The van der Waals surface area contributed by atoms with Gasteiger partial charge in [0.15, 0.2) is 11.5 Å². The Kier molecular flexibility index (Phi) is 4.32. The van der Waals surface area contributed by atoms with Gasteiger partial charge in [-0.3, -0.25) is 9.48 Å². The molecule has 26 heavy (non-hydrogen) atoms. The first-order chi connectivity index (χ1) is 12.5. The maximum absolute atomic E-state index is 12.9. The number of benzene rings is 1. The van der Waals surface area contributed by atoms with Crippen LogP contribution in [0.3, 0.4) is 0 Å². The summed E-state index contributed by atoms with van der Waals surface area (Å²) >= 11 is 0. The summed E-state index contributed by atoms with van der Waals surface area (Å²) in [6, 6.07) is 5.61. The molecule has 3 atom stereocenters. The molecule has 1 saturated heterocycles. The van der Waals surface area contributed by atoms with Crippen LogP contribution < -0.4 is 14.8 Å². The summed E-state index contributed by atoms with van der Waals surface area (Å²) in [4.78, 5) is 12.9. The fourth-order valence-electron chi connectivity index (χ4n) is 3.55. The molecule has 1 N–H and O–H groups in total. The summed E-state index contributed by atoms with van der Waals surface area (Å²) in [5.41, 5.74) is 3.00. The van der Waals surface area contributed by atoms with Crippen molar-refractivity contribution in [2.75, 3.05) is 13.4 Å². The topological polar surface area (TPSA) is 74.6 Å². The summed E-state index contributed by atoms with van der Waals surface area (Å²) in [6.45, 7) is 4.78. The van der Waals surface area contributed by atoms with Crippen molar-refractivity contribution in [3.8, 4) is 11.5 Å². The maximum atomic E-state index is 12.9. The molecule has 2 aromatic rings. The molecule has 1 fully saturated rings. The van der Waals surface area contributed by atoms with Gasteiger partial charge in [0.1, 0.15) is 0 Å². The number of hydrogen-bond acceptors (Lipinski definition) is 5. The first-order valence-corrected chi connectivity index (χ1v) is 8.84. The third-order valence-corrected chi connectivity index (χ3v) is 5.26. The molecule has 3 heterocycles. The van der Waals surface area contributed by atoms with Crippen LogP contribution >= 0.6 is 0 Å². The van der Waals surface area contributed by atoms with Crippen molar-refractivity contribution >= 4 is 5.91 Å². The predicted molar refractivity (Wildman–Crippen MR) is 93.9 cm³/mol. The molecule has 0 radical (unpaired) electrons. The molecule has 0 unspecified atom stereocenters. The number of aryl methyl sites for hydroxylation is 1. The second kappa shape index (κ2) is 6.64. The third kappa shape index (κ3) is 2.92. The lowest BCUT2D eigenvalue weighted by Crippen LogP contribution is -2.34. The van der Waals surface area contributed by atoms with E-state index in [1.807, 2.05) is 39.1 Å². The van der Waals surface area contributed by atoms with Gasteiger partial charge in [0.05, 0.1) is 24.3 Å². The number of nitrogens with one attached hydrogen (secondary N) is 1. The summed E-state index contributed by atoms with van der Waals surface area (Å²) in [6.07, 6.45) is 2.26. The van der Waals surface area contributed by atoms with Gasteiger partial charge in [0.2, 0.25) is 12.7 Å². The van der Waals surface area contributed by atoms with Gasteiger partial charge >= 0.3 is 0 Å². The van der Waals surface area contributed by atoms with Crippen LogP contribution in [0.1, 0.15) is 42.3 Å². The van der Waals surface area contributed by atoms with Crippen molar-refractivity contribution in [3.63, 3.8) is 0 Å². The predicted octanol–water partition coefficient (Wildman–Crippen LogP) is 2.41. The maximum Gasteiger partial charge on any atom is 0.231 e. The lowest BCUT2D eigenvalue weighted by molar-refractivity contribution is -0.127. The standard InChI is InChI=1S/C19H23N3O4/c1-11(13-4-5-16-17(8-13)26-10-25-16)21-19(23)14-6-7-24-18(14)15-9-20-22(3)12(15)2/h4-5,8-9,11,14,18H,6-7,10H2,1-3H3,(H,21,23)/t11-,14+,18+/m1/s1. The Labute approximate surface area is 152 Å². The zero-order chi connectivity index (χ0) is 18.3. The van der Waals surface area contributed by atoms with Crippen LogP contribution in [0.5, 0.6) is 11.5 Å². The number of carbonyl (C=O) groups is 1. The van der Waals surface area contributed by atoms with E-state index in [-0.39, 0.29) is 30.8 Å². The molecule has 0 spiro atoms. The molecule has 1 aromatic carbocycles. The first kappa shape index (κ1) is 16.9. The number of nitrogens with zero attached hydrogens (tertiary/aromatic N) is 2. The smallest absolute Gasteiger partial charge is 0.231 e. The van der Waals surface area contributed by atoms with Crippen molar-refractivity contribution in [2.45, 2.75) is 32.4 Å². The lowest BCUT2D eigenvalue weighted by atomic mass is 9.94. The number of carbonyl (C=O) groups excluding carboxylic acids is 1. The van der Waals surface area contributed by atoms with Gasteiger partial charge in [0, 0.05) is 24.9 Å². The van der Waals surface area contributed by atoms with Crippen molar-refractivity contribution in [3.05, 3.63) is 41.2 Å². The highest BCUT2D eigenvalue weighted by molar-refractivity contribution is 5.80.